The summed E-state index contributed by atoms with van der Waals surface area (Å²) in [4.78, 5) is 14.0. The SMILES string of the molecule is CC(=O)N(c1cc(N)cc([C@@H](C)N)c1)C1CCC(N)CC1. The number of amides is 1. The highest BCUT2D eigenvalue weighted by Crippen LogP contribution is 2.30. The van der Waals surface area contributed by atoms with E-state index in [9.17, 15) is 4.79 Å². The third-order valence-electron chi connectivity index (χ3n) is 4.21. The van der Waals surface area contributed by atoms with E-state index in [1.807, 2.05) is 30.0 Å². The van der Waals surface area contributed by atoms with Crippen LogP contribution in [0.3, 0.4) is 0 Å². The van der Waals surface area contributed by atoms with Crippen molar-refractivity contribution in [2.75, 3.05) is 10.6 Å². The van der Waals surface area contributed by atoms with E-state index in [1.165, 1.54) is 0 Å². The van der Waals surface area contributed by atoms with Crippen LogP contribution in [-0.2, 0) is 4.79 Å². The molecule has 1 amide bonds. The fraction of sp³-hybridized carbons (Fsp3) is 0.562. The first-order valence-electron chi connectivity index (χ1n) is 7.60. The Kier molecular flexibility index (Phi) is 4.85. The Morgan fingerprint density at radius 3 is 2.38 bits per heavy atom. The van der Waals surface area contributed by atoms with Crippen molar-refractivity contribution in [1.82, 2.24) is 0 Å². The minimum absolute atomic E-state index is 0.0386. The summed E-state index contributed by atoms with van der Waals surface area (Å²) >= 11 is 0. The molecule has 21 heavy (non-hydrogen) atoms. The summed E-state index contributed by atoms with van der Waals surface area (Å²) in [6, 6.07) is 6.03. The standard InChI is InChI=1S/C16H26N4O/c1-10(17)12-7-14(19)9-16(8-12)20(11(2)21)15-5-3-13(18)4-6-15/h7-10,13,15H,3-6,17-19H2,1-2H3/t10-,13?,15?/m1/s1. The van der Waals surface area contributed by atoms with Gasteiger partial charge in [0.05, 0.1) is 0 Å². The number of nitrogen functional groups attached to an aromatic ring is 1. The Morgan fingerprint density at radius 2 is 1.86 bits per heavy atom. The summed E-state index contributed by atoms with van der Waals surface area (Å²) < 4.78 is 0. The quantitative estimate of drug-likeness (QED) is 0.740. The highest BCUT2D eigenvalue weighted by molar-refractivity contribution is 5.92. The molecule has 0 aliphatic heterocycles. The highest BCUT2D eigenvalue weighted by atomic mass is 16.2. The molecule has 2 rings (SSSR count). The van der Waals surface area contributed by atoms with Gasteiger partial charge in [-0.3, -0.25) is 4.79 Å². The number of rotatable bonds is 3. The van der Waals surface area contributed by atoms with Crippen molar-refractivity contribution in [2.45, 2.75) is 57.7 Å². The molecule has 1 fully saturated rings. The molecule has 0 bridgehead atoms. The molecule has 6 N–H and O–H groups in total. The largest absolute Gasteiger partial charge is 0.399 e. The molecule has 0 aromatic heterocycles. The van der Waals surface area contributed by atoms with Gasteiger partial charge in [0, 0.05) is 36.4 Å². The molecular weight excluding hydrogens is 264 g/mol. The number of hydrogen-bond acceptors (Lipinski definition) is 4. The van der Waals surface area contributed by atoms with Gasteiger partial charge in [0.15, 0.2) is 0 Å². The van der Waals surface area contributed by atoms with E-state index < -0.39 is 0 Å². The zero-order valence-electron chi connectivity index (χ0n) is 12.9. The number of nitrogens with two attached hydrogens (primary N) is 3. The molecule has 0 spiro atoms. The van der Waals surface area contributed by atoms with Crippen molar-refractivity contribution in [1.29, 1.82) is 0 Å². The van der Waals surface area contributed by atoms with Crippen molar-refractivity contribution in [3.05, 3.63) is 23.8 Å². The lowest BCUT2D eigenvalue weighted by Gasteiger charge is -2.36. The van der Waals surface area contributed by atoms with Crippen LogP contribution in [0.2, 0.25) is 0 Å². The van der Waals surface area contributed by atoms with Gasteiger partial charge < -0.3 is 22.1 Å². The second-order valence-corrected chi connectivity index (χ2v) is 6.10. The number of carbonyl (C=O) groups is 1. The number of benzene rings is 1. The van der Waals surface area contributed by atoms with Crippen LogP contribution in [-0.4, -0.2) is 18.0 Å². The highest BCUT2D eigenvalue weighted by Gasteiger charge is 2.27. The van der Waals surface area contributed by atoms with E-state index in [1.54, 1.807) is 6.92 Å². The van der Waals surface area contributed by atoms with Crippen molar-refractivity contribution < 1.29 is 4.79 Å². The lowest BCUT2D eigenvalue weighted by atomic mass is 9.90. The number of hydrogen-bond donors (Lipinski definition) is 3. The molecule has 1 saturated carbocycles. The molecule has 1 atom stereocenters. The number of nitrogens with zero attached hydrogens (tertiary/aromatic N) is 1. The molecule has 1 aliphatic rings. The van der Waals surface area contributed by atoms with Gasteiger partial charge in [-0.1, -0.05) is 0 Å². The van der Waals surface area contributed by atoms with Crippen molar-refractivity contribution in [3.63, 3.8) is 0 Å². The van der Waals surface area contributed by atoms with Crippen LogP contribution in [0.1, 0.15) is 51.1 Å². The van der Waals surface area contributed by atoms with Crippen molar-refractivity contribution >= 4 is 17.3 Å². The van der Waals surface area contributed by atoms with Gasteiger partial charge in [0.1, 0.15) is 0 Å². The maximum atomic E-state index is 12.1. The molecule has 5 nitrogen and oxygen atoms in total. The van der Waals surface area contributed by atoms with Gasteiger partial charge in [-0.2, -0.15) is 0 Å². The van der Waals surface area contributed by atoms with Gasteiger partial charge in [0.25, 0.3) is 0 Å². The average molecular weight is 290 g/mol. The molecule has 116 valence electrons. The van der Waals surface area contributed by atoms with E-state index in [-0.39, 0.29) is 24.0 Å². The van der Waals surface area contributed by atoms with Crippen LogP contribution < -0.4 is 22.1 Å². The van der Waals surface area contributed by atoms with E-state index in [2.05, 4.69) is 0 Å². The number of carbonyl (C=O) groups excluding carboxylic acids is 1. The summed E-state index contributed by atoms with van der Waals surface area (Å²) in [7, 11) is 0. The maximum Gasteiger partial charge on any atom is 0.224 e. The minimum Gasteiger partial charge on any atom is -0.399 e. The average Bonchev–Trinajstić information content (AvgIpc) is 2.40. The van der Waals surface area contributed by atoms with Crippen LogP contribution in [0.15, 0.2) is 18.2 Å². The van der Waals surface area contributed by atoms with Crippen LogP contribution in [0, 0.1) is 0 Å². The topological polar surface area (TPSA) is 98.4 Å². The Bertz CT molecular complexity index is 507. The van der Waals surface area contributed by atoms with Gasteiger partial charge in [-0.15, -0.1) is 0 Å². The molecule has 1 aliphatic carbocycles. The molecule has 0 radical (unpaired) electrons. The monoisotopic (exact) mass is 290 g/mol. The summed E-state index contributed by atoms with van der Waals surface area (Å²) in [6.07, 6.45) is 3.78. The zero-order chi connectivity index (χ0) is 15.6. The van der Waals surface area contributed by atoms with Crippen LogP contribution in [0.25, 0.3) is 0 Å². The lowest BCUT2D eigenvalue weighted by Crippen LogP contribution is -2.43. The summed E-state index contributed by atoms with van der Waals surface area (Å²) in [6.45, 7) is 3.51. The van der Waals surface area contributed by atoms with Gasteiger partial charge in [-0.25, -0.2) is 0 Å². The van der Waals surface area contributed by atoms with Gasteiger partial charge in [0.2, 0.25) is 5.91 Å². The molecule has 1 aromatic carbocycles. The fourth-order valence-corrected chi connectivity index (χ4v) is 3.07. The normalized spacial score (nSPS) is 23.6. The van der Waals surface area contributed by atoms with Crippen LogP contribution in [0.5, 0.6) is 0 Å². The van der Waals surface area contributed by atoms with Crippen LogP contribution >= 0.6 is 0 Å². The van der Waals surface area contributed by atoms with E-state index in [0.717, 1.165) is 36.9 Å². The summed E-state index contributed by atoms with van der Waals surface area (Å²) in [5.74, 6) is 0.0386. The maximum absolute atomic E-state index is 12.1. The Hall–Kier alpha value is -1.59. The summed E-state index contributed by atoms with van der Waals surface area (Å²) in [5, 5.41) is 0. The van der Waals surface area contributed by atoms with Crippen LogP contribution in [0.4, 0.5) is 11.4 Å². The second kappa shape index (κ2) is 6.45. The number of anilines is 2. The summed E-state index contributed by atoms with van der Waals surface area (Å²) in [5.41, 5.74) is 20.3. The Labute approximate surface area is 126 Å². The van der Waals surface area contributed by atoms with Gasteiger partial charge >= 0.3 is 0 Å². The van der Waals surface area contributed by atoms with E-state index in [4.69, 9.17) is 17.2 Å². The minimum atomic E-state index is -0.110. The molecule has 0 heterocycles. The zero-order valence-corrected chi connectivity index (χ0v) is 12.9. The molecular formula is C16H26N4O. The van der Waals surface area contributed by atoms with Gasteiger partial charge in [-0.05, 0) is 56.4 Å². The predicted molar refractivity (Wildman–Crippen MR) is 86.8 cm³/mol. The second-order valence-electron chi connectivity index (χ2n) is 6.10. The molecule has 1 aromatic rings. The molecule has 5 heteroatoms. The predicted octanol–water partition coefficient (Wildman–Crippen LogP) is 1.91. The third kappa shape index (κ3) is 3.74. The molecule has 0 saturated heterocycles. The first-order valence-corrected chi connectivity index (χ1v) is 7.60. The van der Waals surface area contributed by atoms with Crippen molar-refractivity contribution in [2.24, 2.45) is 11.5 Å². The fourth-order valence-electron chi connectivity index (χ4n) is 3.07. The molecule has 0 unspecified atom stereocenters. The first kappa shape index (κ1) is 15.8. The lowest BCUT2D eigenvalue weighted by molar-refractivity contribution is -0.117. The van der Waals surface area contributed by atoms with E-state index in [0.29, 0.717) is 5.69 Å². The van der Waals surface area contributed by atoms with E-state index >= 15 is 0 Å². The first-order chi connectivity index (χ1) is 9.88. The van der Waals surface area contributed by atoms with Crippen molar-refractivity contribution in [3.8, 4) is 0 Å². The smallest absolute Gasteiger partial charge is 0.224 e. The third-order valence-corrected chi connectivity index (χ3v) is 4.21. The Morgan fingerprint density at radius 1 is 1.24 bits per heavy atom. The Balaban J connectivity index is 2.32.